The number of carboxylic acids is 1. The van der Waals surface area contributed by atoms with Crippen LogP contribution in [0, 0.1) is 13.8 Å². The Morgan fingerprint density at radius 1 is 1.14 bits per heavy atom. The van der Waals surface area contributed by atoms with E-state index in [-0.39, 0.29) is 19.0 Å². The Morgan fingerprint density at radius 3 is 2.10 bits per heavy atom. The number of hydrogen-bond acceptors (Lipinski definition) is 2. The van der Waals surface area contributed by atoms with Crippen LogP contribution in [0.2, 0.25) is 0 Å². The molecule has 0 spiro atoms. The van der Waals surface area contributed by atoms with Gasteiger partial charge in [-0.15, -0.1) is 0 Å². The molecule has 0 aliphatic heterocycles. The second-order valence-corrected chi connectivity index (χ2v) is 6.27. The summed E-state index contributed by atoms with van der Waals surface area (Å²) in [7, 11) is 0. The molecule has 5 heteroatoms. The van der Waals surface area contributed by atoms with Gasteiger partial charge in [-0.2, -0.15) is 0 Å². The van der Waals surface area contributed by atoms with Gasteiger partial charge >= 0.3 is 12.0 Å². The topological polar surface area (TPSA) is 69.6 Å². The van der Waals surface area contributed by atoms with Crippen molar-refractivity contribution in [2.75, 3.05) is 11.9 Å². The van der Waals surface area contributed by atoms with Gasteiger partial charge in [0, 0.05) is 17.8 Å². The van der Waals surface area contributed by atoms with Crippen LogP contribution in [0.1, 0.15) is 38.3 Å². The Balaban J connectivity index is 2.87. The molecule has 0 aromatic heterocycles. The van der Waals surface area contributed by atoms with Gasteiger partial charge in [-0.25, -0.2) is 4.79 Å². The number of carbonyl (C=O) groups excluding carboxylic acids is 1. The number of nitrogens with one attached hydrogen (secondary N) is 1. The minimum Gasteiger partial charge on any atom is -0.481 e. The molecule has 0 aliphatic carbocycles. The van der Waals surface area contributed by atoms with E-state index >= 15 is 0 Å². The fraction of sp³-hybridized carbons (Fsp3) is 0.500. The van der Waals surface area contributed by atoms with Crippen LogP contribution in [0.5, 0.6) is 0 Å². The van der Waals surface area contributed by atoms with E-state index in [1.54, 1.807) is 4.90 Å². The normalized spacial score (nSPS) is 11.1. The van der Waals surface area contributed by atoms with Crippen LogP contribution >= 0.6 is 0 Å². The van der Waals surface area contributed by atoms with Gasteiger partial charge in [0.05, 0.1) is 6.42 Å². The highest BCUT2D eigenvalue weighted by molar-refractivity contribution is 5.90. The van der Waals surface area contributed by atoms with E-state index in [0.717, 1.165) is 16.8 Å². The Labute approximate surface area is 126 Å². The van der Waals surface area contributed by atoms with E-state index in [1.165, 1.54) is 0 Å². The van der Waals surface area contributed by atoms with E-state index in [1.807, 2.05) is 52.8 Å². The lowest BCUT2D eigenvalue weighted by Crippen LogP contribution is -2.48. The fourth-order valence-corrected chi connectivity index (χ4v) is 2.19. The van der Waals surface area contributed by atoms with Crippen molar-refractivity contribution in [2.45, 2.75) is 46.6 Å². The summed E-state index contributed by atoms with van der Waals surface area (Å²) >= 11 is 0. The molecule has 0 heterocycles. The van der Waals surface area contributed by atoms with Gasteiger partial charge in [0.1, 0.15) is 0 Å². The average Bonchev–Trinajstić information content (AvgIpc) is 2.24. The molecule has 0 saturated heterocycles. The smallest absolute Gasteiger partial charge is 0.322 e. The lowest BCUT2D eigenvalue weighted by molar-refractivity contribution is -0.137. The number of carboxylic acid groups (broad SMARTS) is 1. The van der Waals surface area contributed by atoms with Crippen molar-refractivity contribution in [3.8, 4) is 0 Å². The molecule has 2 amide bonds. The molecule has 0 bridgehead atoms. The number of aliphatic carboxylic acids is 1. The molecule has 0 aliphatic rings. The summed E-state index contributed by atoms with van der Waals surface area (Å²) in [5, 5.41) is 11.7. The molecule has 21 heavy (non-hydrogen) atoms. The number of benzene rings is 1. The van der Waals surface area contributed by atoms with Crippen LogP contribution in [0.25, 0.3) is 0 Å². The van der Waals surface area contributed by atoms with Crippen molar-refractivity contribution in [1.29, 1.82) is 0 Å². The van der Waals surface area contributed by atoms with Crippen LogP contribution in [0.15, 0.2) is 18.2 Å². The summed E-state index contributed by atoms with van der Waals surface area (Å²) < 4.78 is 0. The van der Waals surface area contributed by atoms with Crippen LogP contribution in [0.4, 0.5) is 10.5 Å². The summed E-state index contributed by atoms with van der Waals surface area (Å²) in [5.74, 6) is -0.913. The lowest BCUT2D eigenvalue weighted by atomic mass is 10.1. The summed E-state index contributed by atoms with van der Waals surface area (Å²) in [6, 6.07) is 5.53. The second kappa shape index (κ2) is 6.61. The van der Waals surface area contributed by atoms with Crippen LogP contribution < -0.4 is 5.32 Å². The number of carbonyl (C=O) groups is 2. The molecule has 1 aromatic rings. The second-order valence-electron chi connectivity index (χ2n) is 6.27. The first-order valence-electron chi connectivity index (χ1n) is 6.98. The van der Waals surface area contributed by atoms with Crippen LogP contribution in [-0.4, -0.2) is 34.1 Å². The van der Waals surface area contributed by atoms with Gasteiger partial charge in [0.15, 0.2) is 0 Å². The zero-order valence-electron chi connectivity index (χ0n) is 13.4. The number of anilines is 1. The van der Waals surface area contributed by atoms with Crippen molar-refractivity contribution in [1.82, 2.24) is 4.90 Å². The molecule has 5 nitrogen and oxygen atoms in total. The van der Waals surface area contributed by atoms with Crippen LogP contribution in [0.3, 0.4) is 0 Å². The molecule has 0 radical (unpaired) electrons. The quantitative estimate of drug-likeness (QED) is 0.893. The maximum Gasteiger partial charge on any atom is 0.322 e. The fourth-order valence-electron chi connectivity index (χ4n) is 2.19. The summed E-state index contributed by atoms with van der Waals surface area (Å²) in [6.45, 7) is 9.76. The van der Waals surface area contributed by atoms with Crippen molar-refractivity contribution in [3.05, 3.63) is 29.3 Å². The maximum absolute atomic E-state index is 12.4. The molecule has 0 saturated carbocycles. The van der Waals surface area contributed by atoms with Gasteiger partial charge in [-0.05, 0) is 57.9 Å². The van der Waals surface area contributed by atoms with E-state index in [0.29, 0.717) is 0 Å². The molecular formula is C16H24N2O3. The first kappa shape index (κ1) is 17.0. The molecule has 0 unspecified atom stereocenters. The molecule has 1 aromatic carbocycles. The Bertz CT molecular complexity index is 513. The first-order valence-corrected chi connectivity index (χ1v) is 6.98. The number of amides is 2. The number of nitrogens with zero attached hydrogens (tertiary/aromatic N) is 1. The molecule has 2 N–H and O–H groups in total. The highest BCUT2D eigenvalue weighted by Crippen LogP contribution is 2.18. The average molecular weight is 292 g/mol. The van der Waals surface area contributed by atoms with E-state index in [9.17, 15) is 9.59 Å². The molecule has 0 fully saturated rings. The predicted octanol–water partition coefficient (Wildman–Crippen LogP) is 3.41. The Kier molecular flexibility index (Phi) is 5.35. The number of urea groups is 1. The highest BCUT2D eigenvalue weighted by atomic mass is 16.4. The summed E-state index contributed by atoms with van der Waals surface area (Å²) in [4.78, 5) is 24.7. The van der Waals surface area contributed by atoms with Gasteiger partial charge in [-0.1, -0.05) is 6.07 Å². The van der Waals surface area contributed by atoms with E-state index < -0.39 is 11.5 Å². The lowest BCUT2D eigenvalue weighted by Gasteiger charge is -2.35. The minimum absolute atomic E-state index is 0.0719. The third-order valence-corrected chi connectivity index (χ3v) is 3.08. The third-order valence-electron chi connectivity index (χ3n) is 3.08. The molecule has 116 valence electrons. The third kappa shape index (κ3) is 5.45. The molecular weight excluding hydrogens is 268 g/mol. The predicted molar refractivity (Wildman–Crippen MR) is 83.6 cm³/mol. The highest BCUT2D eigenvalue weighted by Gasteiger charge is 2.26. The summed E-state index contributed by atoms with van der Waals surface area (Å²) in [6.07, 6.45) is -0.0719. The molecule has 0 atom stereocenters. The maximum atomic E-state index is 12.4. The van der Waals surface area contributed by atoms with E-state index in [4.69, 9.17) is 5.11 Å². The van der Waals surface area contributed by atoms with Crippen molar-refractivity contribution >= 4 is 17.7 Å². The van der Waals surface area contributed by atoms with Crippen LogP contribution in [-0.2, 0) is 4.79 Å². The van der Waals surface area contributed by atoms with Gasteiger partial charge in [0.2, 0.25) is 0 Å². The SMILES string of the molecule is Cc1cc(C)cc(NC(=O)N(CCC(=O)O)C(C)(C)C)c1. The number of hydrogen-bond donors (Lipinski definition) is 2. The van der Waals surface area contributed by atoms with Crippen molar-refractivity contribution in [3.63, 3.8) is 0 Å². The Morgan fingerprint density at radius 2 is 1.67 bits per heavy atom. The van der Waals surface area contributed by atoms with E-state index in [2.05, 4.69) is 5.32 Å². The monoisotopic (exact) mass is 292 g/mol. The van der Waals surface area contributed by atoms with Crippen molar-refractivity contribution in [2.24, 2.45) is 0 Å². The van der Waals surface area contributed by atoms with Gasteiger partial charge in [-0.3, -0.25) is 4.79 Å². The zero-order valence-corrected chi connectivity index (χ0v) is 13.4. The standard InChI is InChI=1S/C16H24N2O3/c1-11-8-12(2)10-13(9-11)17-15(21)18(16(3,4)5)7-6-14(19)20/h8-10H,6-7H2,1-5H3,(H,17,21)(H,19,20). The van der Waals surface area contributed by atoms with Gasteiger partial charge in [0.25, 0.3) is 0 Å². The first-order chi connectivity index (χ1) is 9.59. The summed E-state index contributed by atoms with van der Waals surface area (Å²) in [5.41, 5.74) is 2.41. The largest absolute Gasteiger partial charge is 0.481 e. The number of rotatable bonds is 4. The number of aryl methyl sites for hydroxylation is 2. The minimum atomic E-state index is -0.913. The zero-order chi connectivity index (χ0) is 16.2. The molecule has 1 rings (SSSR count). The van der Waals surface area contributed by atoms with Gasteiger partial charge < -0.3 is 15.3 Å². The van der Waals surface area contributed by atoms with Crippen molar-refractivity contribution < 1.29 is 14.7 Å². The Hall–Kier alpha value is -2.04.